The fourth-order valence-corrected chi connectivity index (χ4v) is 6.85. The Hall–Kier alpha value is -3.39. The van der Waals surface area contributed by atoms with Crippen molar-refractivity contribution < 1.29 is 41.8 Å². The van der Waals surface area contributed by atoms with Crippen LogP contribution < -0.4 is 15.1 Å². The van der Waals surface area contributed by atoms with E-state index in [-0.39, 0.29) is 24.5 Å². The first-order valence-corrected chi connectivity index (χ1v) is 13.4. The summed E-state index contributed by atoms with van der Waals surface area (Å²) >= 11 is 0. The first kappa shape index (κ1) is 27.6. The lowest BCUT2D eigenvalue weighted by Crippen LogP contribution is -2.58. The van der Waals surface area contributed by atoms with Crippen molar-refractivity contribution >= 4 is 39.0 Å². The number of halogens is 3. The van der Waals surface area contributed by atoms with E-state index in [0.717, 1.165) is 22.2 Å². The van der Waals surface area contributed by atoms with Crippen molar-refractivity contribution in [3.05, 3.63) is 65.9 Å². The first-order chi connectivity index (χ1) is 17.8. The molecule has 0 bridgehead atoms. The van der Waals surface area contributed by atoms with Crippen LogP contribution >= 0.6 is 10.6 Å². The summed E-state index contributed by atoms with van der Waals surface area (Å²) in [5.74, 6) is -3.98. The minimum atomic E-state index is -5.32. The Morgan fingerprint density at radius 1 is 1.16 bits per heavy atom. The zero-order valence-electron chi connectivity index (χ0n) is 20.2. The molecule has 1 aliphatic heterocycles. The number of carbonyl (C=O) groups is 2. The molecule has 2 aromatic carbocycles. The Balaban J connectivity index is 1.65. The molecule has 13 heteroatoms. The highest BCUT2D eigenvalue weighted by Gasteiger charge is 2.55. The number of carbonyl (C=O) groups excluding carboxylic acids is 2. The topological polar surface area (TPSA) is 132 Å². The molecule has 1 aliphatic rings. The van der Waals surface area contributed by atoms with Gasteiger partial charge in [-0.3, -0.25) is 33.8 Å². The van der Waals surface area contributed by atoms with Gasteiger partial charge in [0, 0.05) is 28.1 Å². The molecular formula is C25H26F3N3O6S. The number of fused-ring (bicyclic) bond motifs is 1. The van der Waals surface area contributed by atoms with Crippen LogP contribution in [0.1, 0.15) is 24.1 Å². The Morgan fingerprint density at radius 2 is 1.84 bits per heavy atom. The number of hydrogen-bond acceptors (Lipinski definition) is 7. The Kier molecular flexibility index (Phi) is 7.57. The van der Waals surface area contributed by atoms with Gasteiger partial charge in [0.15, 0.2) is 0 Å². The number of para-hydroxylation sites is 1. The number of alkyl halides is 3. The van der Waals surface area contributed by atoms with Gasteiger partial charge >= 0.3 is 12.1 Å². The summed E-state index contributed by atoms with van der Waals surface area (Å²) in [5.41, 5.74) is 1.65. The van der Waals surface area contributed by atoms with Crippen LogP contribution in [0.5, 0.6) is 5.75 Å². The van der Waals surface area contributed by atoms with Crippen molar-refractivity contribution in [2.24, 2.45) is 0 Å². The van der Waals surface area contributed by atoms with Crippen molar-refractivity contribution in [1.82, 2.24) is 10.5 Å². The summed E-state index contributed by atoms with van der Waals surface area (Å²) in [7, 11) is -3.36. The molecule has 38 heavy (non-hydrogen) atoms. The number of hydroxylamine groups is 1. The quantitative estimate of drug-likeness (QED) is 0.244. The van der Waals surface area contributed by atoms with E-state index < -0.39 is 46.3 Å². The molecule has 1 aromatic heterocycles. The minimum Gasteiger partial charge on any atom is -0.489 e. The van der Waals surface area contributed by atoms with Gasteiger partial charge in [0.25, 0.3) is 0 Å². The molecule has 4 rings (SSSR count). The van der Waals surface area contributed by atoms with Crippen LogP contribution in [0.2, 0.25) is 0 Å². The third kappa shape index (κ3) is 5.85. The Labute approximate surface area is 217 Å². The van der Waals surface area contributed by atoms with Crippen molar-refractivity contribution in [3.63, 3.8) is 0 Å². The zero-order chi connectivity index (χ0) is 27.7. The van der Waals surface area contributed by atoms with E-state index in [1.807, 2.05) is 37.3 Å². The fourth-order valence-electron chi connectivity index (χ4n) is 4.76. The molecule has 1 atom stereocenters. The second kappa shape index (κ2) is 10.4. The molecule has 204 valence electrons. The maximum atomic E-state index is 13.7. The van der Waals surface area contributed by atoms with Gasteiger partial charge in [-0.05, 0) is 49.7 Å². The highest BCUT2D eigenvalue weighted by molar-refractivity contribution is 8.24. The summed E-state index contributed by atoms with van der Waals surface area (Å²) in [5, 5.41) is 9.89. The summed E-state index contributed by atoms with van der Waals surface area (Å²) in [4.78, 5) is 29.5. The first-order valence-electron chi connectivity index (χ1n) is 11.5. The molecule has 0 spiro atoms. The molecule has 2 heterocycles. The third-order valence-electron chi connectivity index (χ3n) is 6.35. The maximum absolute atomic E-state index is 13.7. The van der Waals surface area contributed by atoms with Crippen LogP contribution in [-0.4, -0.2) is 54.3 Å². The molecule has 0 aliphatic carbocycles. The van der Waals surface area contributed by atoms with Crippen LogP contribution in [-0.2, 0) is 16.2 Å². The van der Waals surface area contributed by atoms with Crippen LogP contribution in [0.25, 0.3) is 10.9 Å². The van der Waals surface area contributed by atoms with Gasteiger partial charge in [0.05, 0.1) is 23.2 Å². The van der Waals surface area contributed by atoms with Gasteiger partial charge in [-0.1, -0.05) is 18.2 Å². The molecule has 0 radical (unpaired) electrons. The van der Waals surface area contributed by atoms with E-state index >= 15 is 0 Å². The summed E-state index contributed by atoms with van der Waals surface area (Å²) in [6, 6.07) is 14.6. The summed E-state index contributed by atoms with van der Waals surface area (Å²) in [6.07, 6.45) is -6.38. The number of amides is 2. The lowest BCUT2D eigenvalue weighted by atomic mass is 9.90. The number of rotatable bonds is 7. The van der Waals surface area contributed by atoms with Gasteiger partial charge in [0.2, 0.25) is 5.91 Å². The molecule has 4 N–H and O–H groups in total. The third-order valence-corrected chi connectivity index (χ3v) is 8.21. The van der Waals surface area contributed by atoms with Gasteiger partial charge in [-0.15, -0.1) is 0 Å². The summed E-state index contributed by atoms with van der Waals surface area (Å²) < 4.78 is 67.3. The molecule has 9 nitrogen and oxygen atoms in total. The van der Waals surface area contributed by atoms with E-state index in [0.29, 0.717) is 10.6 Å². The normalized spacial score (nSPS) is 19.7. The number of nitrogens with zero attached hydrogens (tertiary/aromatic N) is 2. The highest BCUT2D eigenvalue weighted by Crippen LogP contribution is 2.54. The number of hydrogen-bond donors (Lipinski definition) is 4. The van der Waals surface area contributed by atoms with Crippen LogP contribution in [0, 0.1) is 6.92 Å². The second-order valence-corrected chi connectivity index (χ2v) is 11.5. The molecule has 3 aromatic rings. The molecule has 1 unspecified atom stereocenters. The van der Waals surface area contributed by atoms with Crippen LogP contribution in [0.15, 0.2) is 54.6 Å². The smallest absolute Gasteiger partial charge is 0.471 e. The standard InChI is InChI=1S/C25H26F3N3O6S/c1-16-12-17(20-4-2-3-5-21(20)29-16)14-37-19-8-6-18(7-9-19)31(23(33)25(26,27)28)24(13-22(32)30-34)10-11-38(35,36)15-24/h2-9,12,34-36H,10-11,13-15H2,1H3,(H,30,32). The Morgan fingerprint density at radius 3 is 2.45 bits per heavy atom. The van der Waals surface area contributed by atoms with E-state index in [9.17, 15) is 31.9 Å². The maximum Gasteiger partial charge on any atom is 0.471 e. The number of ether oxygens (including phenoxy) is 1. The molecule has 0 saturated carbocycles. The minimum absolute atomic E-state index is 0.149. The van der Waals surface area contributed by atoms with Crippen LogP contribution in [0.4, 0.5) is 18.9 Å². The predicted molar refractivity (Wildman–Crippen MR) is 135 cm³/mol. The number of nitrogens with one attached hydrogen (secondary N) is 1. The lowest BCUT2D eigenvalue weighted by molar-refractivity contribution is -0.171. The van der Waals surface area contributed by atoms with Crippen molar-refractivity contribution in [2.45, 2.75) is 38.1 Å². The van der Waals surface area contributed by atoms with E-state index in [1.165, 1.54) is 29.7 Å². The van der Waals surface area contributed by atoms with Gasteiger partial charge in [-0.25, -0.2) is 5.48 Å². The monoisotopic (exact) mass is 553 g/mol. The largest absolute Gasteiger partial charge is 0.489 e. The number of benzene rings is 2. The predicted octanol–water partition coefficient (Wildman–Crippen LogP) is 4.81. The molecule has 2 amide bonds. The Bertz CT molecular complexity index is 1350. The highest BCUT2D eigenvalue weighted by atomic mass is 32.3. The average molecular weight is 554 g/mol. The molecule has 1 fully saturated rings. The number of aryl methyl sites for hydroxylation is 1. The van der Waals surface area contributed by atoms with Crippen LogP contribution in [0.3, 0.4) is 0 Å². The van der Waals surface area contributed by atoms with Gasteiger partial charge in [0.1, 0.15) is 12.4 Å². The summed E-state index contributed by atoms with van der Waals surface area (Å²) in [6.45, 7) is 2.00. The van der Waals surface area contributed by atoms with E-state index in [4.69, 9.17) is 9.94 Å². The molecule has 1 saturated heterocycles. The van der Waals surface area contributed by atoms with E-state index in [2.05, 4.69) is 4.98 Å². The SMILES string of the molecule is Cc1cc(COc2ccc(N(C(=O)C(F)(F)F)C3(CC(=O)NO)CCS(O)(O)C3)cc2)c2ccccc2n1. The second-order valence-electron chi connectivity index (χ2n) is 9.20. The average Bonchev–Trinajstić information content (AvgIpc) is 3.17. The number of anilines is 1. The lowest BCUT2D eigenvalue weighted by Gasteiger charge is -2.42. The van der Waals surface area contributed by atoms with Gasteiger partial charge in [-0.2, -0.15) is 23.8 Å². The number of pyridine rings is 1. The van der Waals surface area contributed by atoms with Crippen molar-refractivity contribution in [3.8, 4) is 5.75 Å². The molecular weight excluding hydrogens is 527 g/mol. The fraction of sp³-hybridized carbons (Fsp3) is 0.320. The number of aromatic nitrogens is 1. The van der Waals surface area contributed by atoms with Crippen molar-refractivity contribution in [2.75, 3.05) is 16.4 Å². The van der Waals surface area contributed by atoms with Crippen molar-refractivity contribution in [1.29, 1.82) is 0 Å². The van der Waals surface area contributed by atoms with Gasteiger partial charge < -0.3 is 4.74 Å². The zero-order valence-corrected chi connectivity index (χ0v) is 21.1. The van der Waals surface area contributed by atoms with E-state index in [1.54, 1.807) is 0 Å².